The van der Waals surface area contributed by atoms with E-state index in [0.717, 1.165) is 16.7 Å². The Balaban J connectivity index is 1.67. The number of rotatable bonds is 7. The van der Waals surface area contributed by atoms with Gasteiger partial charge in [-0.2, -0.15) is 0 Å². The van der Waals surface area contributed by atoms with E-state index in [9.17, 15) is 13.2 Å². The molecular weight excluding hydrogens is 412 g/mol. The van der Waals surface area contributed by atoms with Gasteiger partial charge >= 0.3 is 0 Å². The molecule has 3 rings (SSSR count). The maximum atomic E-state index is 12.6. The maximum absolute atomic E-state index is 12.6. The van der Waals surface area contributed by atoms with Gasteiger partial charge in [-0.05, 0) is 73.5 Å². The van der Waals surface area contributed by atoms with Crippen molar-refractivity contribution >= 4 is 33.4 Å². The number of carbonyl (C=O) groups excluding carboxylic acids is 1. The topological polar surface area (TPSA) is 84.5 Å². The van der Waals surface area contributed by atoms with Crippen LogP contribution in [0.15, 0.2) is 77.7 Å². The third-order valence-electron chi connectivity index (χ3n) is 4.74. The molecule has 0 aliphatic heterocycles. The lowest BCUT2D eigenvalue weighted by atomic mass is 10.1. The van der Waals surface area contributed by atoms with Crippen LogP contribution in [0.25, 0.3) is 6.08 Å². The van der Waals surface area contributed by atoms with Gasteiger partial charge in [0.05, 0.1) is 12.0 Å². The van der Waals surface area contributed by atoms with E-state index in [1.54, 1.807) is 37.5 Å². The Bertz CT molecular complexity index is 1220. The second kappa shape index (κ2) is 9.49. The minimum absolute atomic E-state index is 0.105. The number of aryl methyl sites for hydroxylation is 2. The molecule has 2 N–H and O–H groups in total. The molecule has 0 radical (unpaired) electrons. The van der Waals surface area contributed by atoms with Gasteiger partial charge in [-0.1, -0.05) is 24.3 Å². The van der Waals surface area contributed by atoms with E-state index in [4.69, 9.17) is 4.74 Å². The average molecular weight is 437 g/mol. The summed E-state index contributed by atoms with van der Waals surface area (Å²) in [5, 5.41) is 2.71. The van der Waals surface area contributed by atoms with E-state index < -0.39 is 10.0 Å². The minimum atomic E-state index is -3.73. The van der Waals surface area contributed by atoms with Crippen molar-refractivity contribution < 1.29 is 17.9 Å². The standard InChI is InChI=1S/C24H24N2O4S/c1-17-8-10-21(16-18(17)2)26-31(28,29)22-13-11-20(12-14-22)25-24(27)15-9-19-6-4-5-7-23(19)30-3/h4-16,26H,1-3H3,(H,25,27)/b15-9+. The second-order valence-electron chi connectivity index (χ2n) is 6.99. The highest BCUT2D eigenvalue weighted by Gasteiger charge is 2.14. The molecule has 3 aromatic rings. The van der Waals surface area contributed by atoms with E-state index in [-0.39, 0.29) is 10.8 Å². The van der Waals surface area contributed by atoms with Crippen LogP contribution in [-0.4, -0.2) is 21.4 Å². The van der Waals surface area contributed by atoms with Crippen molar-refractivity contribution in [3.63, 3.8) is 0 Å². The van der Waals surface area contributed by atoms with Crippen molar-refractivity contribution in [1.82, 2.24) is 0 Å². The normalized spacial score (nSPS) is 11.3. The van der Waals surface area contributed by atoms with Crippen LogP contribution >= 0.6 is 0 Å². The summed E-state index contributed by atoms with van der Waals surface area (Å²) in [4.78, 5) is 12.3. The van der Waals surface area contributed by atoms with Crippen LogP contribution in [0.5, 0.6) is 5.75 Å². The molecule has 160 valence electrons. The molecule has 0 aliphatic rings. The Morgan fingerprint density at radius 2 is 1.58 bits per heavy atom. The molecule has 0 aromatic heterocycles. The van der Waals surface area contributed by atoms with E-state index >= 15 is 0 Å². The number of hydrogen-bond donors (Lipinski definition) is 2. The number of amides is 1. The van der Waals surface area contributed by atoms with Gasteiger partial charge in [0, 0.05) is 23.0 Å². The Morgan fingerprint density at radius 1 is 0.903 bits per heavy atom. The number of para-hydroxylation sites is 1. The van der Waals surface area contributed by atoms with Gasteiger partial charge in [0.15, 0.2) is 0 Å². The van der Waals surface area contributed by atoms with Gasteiger partial charge in [0.25, 0.3) is 10.0 Å². The summed E-state index contributed by atoms with van der Waals surface area (Å²) in [6, 6.07) is 18.7. The number of carbonyl (C=O) groups is 1. The highest BCUT2D eigenvalue weighted by Crippen LogP contribution is 2.21. The number of benzene rings is 3. The summed E-state index contributed by atoms with van der Waals surface area (Å²) >= 11 is 0. The van der Waals surface area contributed by atoms with Crippen LogP contribution in [0.3, 0.4) is 0 Å². The van der Waals surface area contributed by atoms with E-state index in [1.807, 2.05) is 44.2 Å². The van der Waals surface area contributed by atoms with E-state index in [0.29, 0.717) is 17.1 Å². The van der Waals surface area contributed by atoms with Gasteiger partial charge in [-0.3, -0.25) is 9.52 Å². The van der Waals surface area contributed by atoms with E-state index in [1.165, 1.54) is 18.2 Å². The third-order valence-corrected chi connectivity index (χ3v) is 6.14. The summed E-state index contributed by atoms with van der Waals surface area (Å²) in [6.07, 6.45) is 3.05. The lowest BCUT2D eigenvalue weighted by Crippen LogP contribution is -2.13. The second-order valence-corrected chi connectivity index (χ2v) is 8.68. The first-order valence-electron chi connectivity index (χ1n) is 9.61. The third kappa shape index (κ3) is 5.73. The smallest absolute Gasteiger partial charge is 0.261 e. The summed E-state index contributed by atoms with van der Waals surface area (Å²) in [7, 11) is -2.17. The van der Waals surface area contributed by atoms with Crippen molar-refractivity contribution in [1.29, 1.82) is 0 Å². The average Bonchev–Trinajstić information content (AvgIpc) is 2.75. The number of methoxy groups -OCH3 is 1. The zero-order chi connectivity index (χ0) is 22.4. The number of sulfonamides is 1. The van der Waals surface area contributed by atoms with E-state index in [2.05, 4.69) is 10.0 Å². The minimum Gasteiger partial charge on any atom is -0.496 e. The fourth-order valence-electron chi connectivity index (χ4n) is 2.89. The summed E-state index contributed by atoms with van der Waals surface area (Å²) < 4.78 is 33.1. The number of hydrogen-bond acceptors (Lipinski definition) is 4. The van der Waals surface area contributed by atoms with Crippen LogP contribution in [-0.2, 0) is 14.8 Å². The maximum Gasteiger partial charge on any atom is 0.261 e. The quantitative estimate of drug-likeness (QED) is 0.523. The highest BCUT2D eigenvalue weighted by atomic mass is 32.2. The number of anilines is 2. The monoisotopic (exact) mass is 436 g/mol. The molecule has 0 bridgehead atoms. The number of nitrogens with one attached hydrogen (secondary N) is 2. The summed E-state index contributed by atoms with van der Waals surface area (Å²) in [5.74, 6) is 0.326. The Kier molecular flexibility index (Phi) is 6.77. The lowest BCUT2D eigenvalue weighted by Gasteiger charge is -2.10. The van der Waals surface area contributed by atoms with Crippen LogP contribution in [0.2, 0.25) is 0 Å². The predicted octanol–water partition coefficient (Wildman–Crippen LogP) is 4.76. The van der Waals surface area contributed by atoms with Gasteiger partial charge < -0.3 is 10.1 Å². The molecule has 0 spiro atoms. The van der Waals surface area contributed by atoms with Crippen LogP contribution in [0.1, 0.15) is 16.7 Å². The first-order chi connectivity index (χ1) is 14.8. The largest absolute Gasteiger partial charge is 0.496 e. The van der Waals surface area contributed by atoms with Crippen LogP contribution < -0.4 is 14.8 Å². The van der Waals surface area contributed by atoms with Crippen molar-refractivity contribution in [3.8, 4) is 5.75 Å². The van der Waals surface area contributed by atoms with Gasteiger partial charge in [-0.15, -0.1) is 0 Å². The molecule has 0 atom stereocenters. The fraction of sp³-hybridized carbons (Fsp3) is 0.125. The lowest BCUT2D eigenvalue weighted by molar-refractivity contribution is -0.111. The number of ether oxygens (including phenoxy) is 1. The van der Waals surface area contributed by atoms with Gasteiger partial charge in [0.2, 0.25) is 5.91 Å². The van der Waals surface area contributed by atoms with Crippen molar-refractivity contribution in [2.45, 2.75) is 18.7 Å². The van der Waals surface area contributed by atoms with Crippen molar-refractivity contribution in [2.24, 2.45) is 0 Å². The predicted molar refractivity (Wildman–Crippen MR) is 124 cm³/mol. The molecule has 7 heteroatoms. The first-order valence-corrected chi connectivity index (χ1v) is 11.1. The molecule has 0 saturated heterocycles. The molecule has 0 fully saturated rings. The molecule has 6 nitrogen and oxygen atoms in total. The summed E-state index contributed by atoms with van der Waals surface area (Å²) in [6.45, 7) is 3.89. The Labute approximate surface area is 182 Å². The molecule has 0 aliphatic carbocycles. The summed E-state index contributed by atoms with van der Waals surface area (Å²) in [5.41, 5.74) is 3.85. The Morgan fingerprint density at radius 3 is 2.26 bits per heavy atom. The Hall–Kier alpha value is -3.58. The zero-order valence-electron chi connectivity index (χ0n) is 17.5. The fourth-order valence-corrected chi connectivity index (χ4v) is 3.94. The molecule has 1 amide bonds. The molecule has 3 aromatic carbocycles. The van der Waals surface area contributed by atoms with Gasteiger partial charge in [-0.25, -0.2) is 8.42 Å². The zero-order valence-corrected chi connectivity index (χ0v) is 18.4. The SMILES string of the molecule is COc1ccccc1/C=C/C(=O)Nc1ccc(S(=O)(=O)Nc2ccc(C)c(C)c2)cc1. The van der Waals surface area contributed by atoms with Crippen molar-refractivity contribution in [2.75, 3.05) is 17.1 Å². The van der Waals surface area contributed by atoms with Gasteiger partial charge in [0.1, 0.15) is 5.75 Å². The highest BCUT2D eigenvalue weighted by molar-refractivity contribution is 7.92. The van der Waals surface area contributed by atoms with Crippen LogP contribution in [0, 0.1) is 13.8 Å². The first kappa shape index (κ1) is 22.1. The molecule has 31 heavy (non-hydrogen) atoms. The van der Waals surface area contributed by atoms with Crippen molar-refractivity contribution in [3.05, 3.63) is 89.5 Å². The molecule has 0 unspecified atom stereocenters. The molecule has 0 heterocycles. The molecule has 0 saturated carbocycles. The van der Waals surface area contributed by atoms with Crippen LogP contribution in [0.4, 0.5) is 11.4 Å². The molecular formula is C24H24N2O4S.